The summed E-state index contributed by atoms with van der Waals surface area (Å²) in [5.41, 5.74) is 2.93. The minimum absolute atomic E-state index is 0.331. The summed E-state index contributed by atoms with van der Waals surface area (Å²) >= 11 is 13.0. The maximum atomic E-state index is 12.5. The van der Waals surface area contributed by atoms with Crippen LogP contribution in [0.4, 0.5) is 10.7 Å². The van der Waals surface area contributed by atoms with Crippen LogP contribution in [0.5, 0.6) is 5.75 Å². The Kier molecular flexibility index (Phi) is 6.74. The Morgan fingerprint density at radius 3 is 2.45 bits per heavy atom. The number of anilines is 2. The van der Waals surface area contributed by atoms with Gasteiger partial charge in [0.2, 0.25) is 0 Å². The fourth-order valence-corrected chi connectivity index (χ4v) is 4.50. The lowest BCUT2D eigenvalue weighted by Gasteiger charge is -2.12. The van der Waals surface area contributed by atoms with E-state index in [4.69, 9.17) is 33.3 Å². The van der Waals surface area contributed by atoms with Crippen molar-refractivity contribution in [2.24, 2.45) is 0 Å². The second-order valence-corrected chi connectivity index (χ2v) is 8.06. The Morgan fingerprint density at radius 1 is 1.10 bits per heavy atom. The number of aryl methyl sites for hydroxylation is 1. The van der Waals surface area contributed by atoms with Gasteiger partial charge >= 0.3 is 5.97 Å². The number of methoxy groups -OCH3 is 2. The molecule has 1 heterocycles. The zero-order valence-corrected chi connectivity index (χ0v) is 18.4. The number of rotatable bonds is 5. The predicted molar refractivity (Wildman–Crippen MR) is 124 cm³/mol. The molecule has 29 heavy (non-hydrogen) atoms. The number of carbonyl (C=O) groups excluding carboxylic acids is 1. The van der Waals surface area contributed by atoms with Crippen LogP contribution in [-0.2, 0) is 4.74 Å². The van der Waals surface area contributed by atoms with Gasteiger partial charge in [0.1, 0.15) is 16.3 Å². The van der Waals surface area contributed by atoms with Gasteiger partial charge in [-0.05, 0) is 42.9 Å². The Morgan fingerprint density at radius 2 is 1.83 bits per heavy atom. The Bertz CT molecular complexity index is 1050. The van der Waals surface area contributed by atoms with Crippen LogP contribution >= 0.6 is 35.2 Å². The lowest BCUT2D eigenvalue weighted by atomic mass is 10.0. The number of nitrogens with one attached hydrogen (secondary N) is 2. The zero-order valence-electron chi connectivity index (χ0n) is 16.0. The molecule has 1 aromatic heterocycles. The summed E-state index contributed by atoms with van der Waals surface area (Å²) in [7, 11) is 2.92. The minimum atomic E-state index is -0.425. The molecule has 8 heteroatoms. The van der Waals surface area contributed by atoms with Crippen molar-refractivity contribution in [3.8, 4) is 16.9 Å². The molecule has 150 valence electrons. The smallest absolute Gasteiger partial charge is 0.341 e. The molecule has 3 aromatic rings. The first-order valence-electron chi connectivity index (χ1n) is 8.63. The quantitative estimate of drug-likeness (QED) is 0.371. The monoisotopic (exact) mass is 446 g/mol. The molecule has 0 saturated carbocycles. The van der Waals surface area contributed by atoms with Crippen LogP contribution in [0, 0.1) is 6.92 Å². The van der Waals surface area contributed by atoms with Crippen LogP contribution < -0.4 is 15.4 Å². The fraction of sp³-hybridized carbons (Fsp3) is 0.143. The summed E-state index contributed by atoms with van der Waals surface area (Å²) in [5, 5.41) is 7.60. The normalized spacial score (nSPS) is 10.3. The standard InChI is InChI=1S/C21H19ClN2O3S2/c1-12-17(13-7-5-4-6-8-13)18(20(25)27-3)19(29-12)24-21(28)23-14-9-10-16(26-2)15(22)11-14/h4-11H,1-3H3,(H2,23,24,28). The number of halogens is 1. The first-order chi connectivity index (χ1) is 13.9. The summed E-state index contributed by atoms with van der Waals surface area (Å²) < 4.78 is 10.2. The van der Waals surface area contributed by atoms with E-state index < -0.39 is 5.97 Å². The van der Waals surface area contributed by atoms with E-state index in [9.17, 15) is 4.79 Å². The summed E-state index contributed by atoms with van der Waals surface area (Å²) in [6, 6.07) is 15.0. The molecule has 0 aliphatic rings. The molecule has 0 fully saturated rings. The highest BCUT2D eigenvalue weighted by atomic mass is 35.5. The van der Waals surface area contributed by atoms with E-state index in [-0.39, 0.29) is 0 Å². The average Bonchev–Trinajstić information content (AvgIpc) is 3.03. The third kappa shape index (κ3) is 4.70. The highest BCUT2D eigenvalue weighted by molar-refractivity contribution is 7.80. The van der Waals surface area contributed by atoms with Crippen molar-refractivity contribution in [2.75, 3.05) is 24.9 Å². The highest BCUT2D eigenvalue weighted by Gasteiger charge is 2.24. The van der Waals surface area contributed by atoms with Crippen LogP contribution in [0.3, 0.4) is 0 Å². The first kappa shape index (κ1) is 21.1. The number of thiocarbonyl (C=S) groups is 1. The van der Waals surface area contributed by atoms with Gasteiger partial charge in [-0.2, -0.15) is 0 Å². The summed E-state index contributed by atoms with van der Waals surface area (Å²) in [6.07, 6.45) is 0. The van der Waals surface area contributed by atoms with Gasteiger partial charge in [-0.25, -0.2) is 4.79 Å². The largest absolute Gasteiger partial charge is 0.495 e. The molecule has 0 aliphatic heterocycles. The van der Waals surface area contributed by atoms with Gasteiger partial charge in [-0.1, -0.05) is 41.9 Å². The third-order valence-electron chi connectivity index (χ3n) is 4.17. The zero-order chi connectivity index (χ0) is 21.0. The molecule has 2 N–H and O–H groups in total. The molecule has 2 aromatic carbocycles. The van der Waals surface area contributed by atoms with Crippen molar-refractivity contribution in [2.45, 2.75) is 6.92 Å². The molecule has 0 bridgehead atoms. The summed E-state index contributed by atoms with van der Waals surface area (Å²) in [4.78, 5) is 13.5. The number of hydrogen-bond donors (Lipinski definition) is 2. The molecular weight excluding hydrogens is 428 g/mol. The Hall–Kier alpha value is -2.61. The lowest BCUT2D eigenvalue weighted by molar-refractivity contribution is 0.0603. The van der Waals surface area contributed by atoms with Crippen LogP contribution in [0.15, 0.2) is 48.5 Å². The number of ether oxygens (including phenoxy) is 2. The molecular formula is C21H19ClN2O3S2. The van der Waals surface area contributed by atoms with E-state index in [2.05, 4.69) is 10.6 Å². The van der Waals surface area contributed by atoms with Crippen molar-refractivity contribution in [1.29, 1.82) is 0 Å². The van der Waals surface area contributed by atoms with Crippen molar-refractivity contribution in [1.82, 2.24) is 0 Å². The van der Waals surface area contributed by atoms with Gasteiger partial charge in [0, 0.05) is 16.1 Å². The molecule has 0 atom stereocenters. The molecule has 0 radical (unpaired) electrons. The lowest BCUT2D eigenvalue weighted by Crippen LogP contribution is -2.20. The van der Waals surface area contributed by atoms with E-state index in [1.54, 1.807) is 25.3 Å². The Labute approximate surface area is 183 Å². The van der Waals surface area contributed by atoms with Gasteiger partial charge in [0.15, 0.2) is 5.11 Å². The number of hydrogen-bond acceptors (Lipinski definition) is 5. The fourth-order valence-electron chi connectivity index (χ4n) is 2.89. The average molecular weight is 447 g/mol. The molecule has 0 saturated heterocycles. The second-order valence-electron chi connectivity index (χ2n) is 6.02. The van der Waals surface area contributed by atoms with Gasteiger partial charge in [-0.3, -0.25) is 0 Å². The van der Waals surface area contributed by atoms with E-state index in [0.717, 1.165) is 16.0 Å². The number of benzene rings is 2. The number of thiophene rings is 1. The summed E-state index contributed by atoms with van der Waals surface area (Å²) in [6.45, 7) is 1.96. The predicted octanol–water partition coefficient (Wildman–Crippen LogP) is 5.98. The second kappa shape index (κ2) is 9.26. The molecule has 5 nitrogen and oxygen atoms in total. The molecule has 3 rings (SSSR count). The van der Waals surface area contributed by atoms with E-state index in [1.165, 1.54) is 18.4 Å². The summed E-state index contributed by atoms with van der Waals surface area (Å²) in [5.74, 6) is 0.149. The van der Waals surface area contributed by atoms with Crippen LogP contribution in [-0.4, -0.2) is 25.3 Å². The highest BCUT2D eigenvalue weighted by Crippen LogP contribution is 2.40. The van der Waals surface area contributed by atoms with Crippen molar-refractivity contribution in [3.63, 3.8) is 0 Å². The van der Waals surface area contributed by atoms with Gasteiger partial charge in [0.25, 0.3) is 0 Å². The minimum Gasteiger partial charge on any atom is -0.495 e. The van der Waals surface area contributed by atoms with Gasteiger partial charge in [0.05, 0.1) is 19.2 Å². The third-order valence-corrected chi connectivity index (χ3v) is 5.69. The van der Waals surface area contributed by atoms with Crippen LogP contribution in [0.2, 0.25) is 5.02 Å². The van der Waals surface area contributed by atoms with E-state index >= 15 is 0 Å². The maximum Gasteiger partial charge on any atom is 0.341 e. The SMILES string of the molecule is COC(=O)c1c(NC(=S)Nc2ccc(OC)c(Cl)c2)sc(C)c1-c1ccccc1. The molecule has 0 amide bonds. The van der Waals surface area contributed by atoms with Crippen LogP contribution in [0.1, 0.15) is 15.2 Å². The number of esters is 1. The van der Waals surface area contributed by atoms with Crippen molar-refractivity contribution >= 4 is 56.9 Å². The number of carbonyl (C=O) groups is 1. The maximum absolute atomic E-state index is 12.5. The topological polar surface area (TPSA) is 59.6 Å². The molecule has 0 spiro atoms. The van der Waals surface area contributed by atoms with E-state index in [1.807, 2.05) is 37.3 Å². The van der Waals surface area contributed by atoms with Crippen molar-refractivity contribution < 1.29 is 14.3 Å². The van der Waals surface area contributed by atoms with Crippen LogP contribution in [0.25, 0.3) is 11.1 Å². The Balaban J connectivity index is 1.90. The molecule has 0 unspecified atom stereocenters. The molecule has 0 aliphatic carbocycles. The van der Waals surface area contributed by atoms with E-state index in [0.29, 0.717) is 32.1 Å². The van der Waals surface area contributed by atoms with Crippen molar-refractivity contribution in [3.05, 3.63) is 64.0 Å². The first-order valence-corrected chi connectivity index (χ1v) is 10.2. The van der Waals surface area contributed by atoms with Gasteiger partial charge < -0.3 is 20.1 Å². The van der Waals surface area contributed by atoms with Gasteiger partial charge in [-0.15, -0.1) is 11.3 Å².